The number of alkyl halides is 3. The molecule has 1 heterocycles. The van der Waals surface area contributed by atoms with Crippen molar-refractivity contribution in [3.05, 3.63) is 0 Å². The minimum atomic E-state index is -4.11. The number of halogens is 3. The van der Waals surface area contributed by atoms with Gasteiger partial charge in [-0.15, -0.1) is 0 Å². The number of rotatable bonds is 2. The lowest BCUT2D eigenvalue weighted by Gasteiger charge is -2.22. The Labute approximate surface area is 99.5 Å². The Hall–Kier alpha value is -0.980. The first-order valence-electron chi connectivity index (χ1n) is 5.51. The van der Waals surface area contributed by atoms with Crippen LogP contribution in [0.25, 0.3) is 0 Å². The fourth-order valence-corrected chi connectivity index (χ4v) is 1.92. The van der Waals surface area contributed by atoms with E-state index in [1.807, 2.05) is 19.0 Å². The molecular formula is C10H19F3N4. The largest absolute Gasteiger partial charge is 0.401 e. The molecule has 100 valence electrons. The molecule has 0 aromatic carbocycles. The molecule has 0 aromatic heterocycles. The number of nitrogens with one attached hydrogen (secondary N) is 1. The number of nitrogens with zero attached hydrogens (tertiary/aromatic N) is 3. The zero-order valence-corrected chi connectivity index (χ0v) is 10.4. The standard InChI is InChI=1S/C10H19F3N4/c1-14-9(16(2)3)15-8-4-5-17(6-8)7-10(11,12)13/h8H,4-7H2,1-3H3,(H,14,15). The maximum atomic E-state index is 12.2. The summed E-state index contributed by atoms with van der Waals surface area (Å²) >= 11 is 0. The third-order valence-corrected chi connectivity index (χ3v) is 2.64. The van der Waals surface area contributed by atoms with Crippen molar-refractivity contribution in [1.29, 1.82) is 0 Å². The van der Waals surface area contributed by atoms with Crippen molar-refractivity contribution in [2.24, 2.45) is 4.99 Å². The minimum Gasteiger partial charge on any atom is -0.352 e. The second kappa shape index (κ2) is 5.57. The van der Waals surface area contributed by atoms with Gasteiger partial charge in [-0.25, -0.2) is 0 Å². The van der Waals surface area contributed by atoms with Crippen LogP contribution in [0.5, 0.6) is 0 Å². The number of likely N-dealkylation sites (tertiary alicyclic amines) is 1. The van der Waals surface area contributed by atoms with Crippen molar-refractivity contribution in [1.82, 2.24) is 15.1 Å². The average molecular weight is 252 g/mol. The molecule has 1 atom stereocenters. The summed E-state index contributed by atoms with van der Waals surface area (Å²) < 4.78 is 36.6. The Kier molecular flexibility index (Phi) is 4.62. The summed E-state index contributed by atoms with van der Waals surface area (Å²) in [6.07, 6.45) is -3.40. The van der Waals surface area contributed by atoms with E-state index in [4.69, 9.17) is 0 Å². The van der Waals surface area contributed by atoms with Gasteiger partial charge in [-0.1, -0.05) is 0 Å². The highest BCUT2D eigenvalue weighted by atomic mass is 19.4. The number of guanidine groups is 1. The normalized spacial score (nSPS) is 22.9. The van der Waals surface area contributed by atoms with E-state index in [1.165, 1.54) is 4.90 Å². The Bertz CT molecular complexity index is 275. The van der Waals surface area contributed by atoms with Crippen LogP contribution in [0.15, 0.2) is 4.99 Å². The summed E-state index contributed by atoms with van der Waals surface area (Å²) in [5.41, 5.74) is 0. The van der Waals surface area contributed by atoms with Gasteiger partial charge in [-0.2, -0.15) is 13.2 Å². The van der Waals surface area contributed by atoms with Crippen LogP contribution in [0.2, 0.25) is 0 Å². The second-order valence-electron chi connectivity index (χ2n) is 4.42. The highest BCUT2D eigenvalue weighted by Crippen LogP contribution is 2.19. The van der Waals surface area contributed by atoms with Crippen LogP contribution >= 0.6 is 0 Å². The van der Waals surface area contributed by atoms with E-state index >= 15 is 0 Å². The molecule has 1 unspecified atom stereocenters. The first-order chi connectivity index (χ1) is 7.81. The van der Waals surface area contributed by atoms with E-state index in [2.05, 4.69) is 10.3 Å². The highest BCUT2D eigenvalue weighted by Gasteiger charge is 2.34. The van der Waals surface area contributed by atoms with Crippen LogP contribution < -0.4 is 5.32 Å². The maximum Gasteiger partial charge on any atom is 0.401 e. The van der Waals surface area contributed by atoms with Crippen LogP contribution in [-0.4, -0.2) is 68.8 Å². The highest BCUT2D eigenvalue weighted by molar-refractivity contribution is 5.79. The van der Waals surface area contributed by atoms with Crippen molar-refractivity contribution < 1.29 is 13.2 Å². The Morgan fingerprint density at radius 3 is 2.59 bits per heavy atom. The van der Waals surface area contributed by atoms with Crippen LogP contribution in [0, 0.1) is 0 Å². The molecule has 1 rings (SSSR count). The molecule has 0 bridgehead atoms. The minimum absolute atomic E-state index is 0.0402. The van der Waals surface area contributed by atoms with Gasteiger partial charge >= 0.3 is 6.18 Å². The van der Waals surface area contributed by atoms with Gasteiger partial charge in [0.1, 0.15) is 0 Å². The molecule has 1 aliphatic heterocycles. The van der Waals surface area contributed by atoms with Crippen LogP contribution in [0.3, 0.4) is 0 Å². The van der Waals surface area contributed by atoms with Gasteiger partial charge < -0.3 is 10.2 Å². The van der Waals surface area contributed by atoms with Gasteiger partial charge in [0, 0.05) is 40.3 Å². The van der Waals surface area contributed by atoms with Crippen molar-refractivity contribution in [2.45, 2.75) is 18.6 Å². The molecule has 7 heteroatoms. The van der Waals surface area contributed by atoms with Gasteiger partial charge in [0.2, 0.25) is 0 Å². The molecule has 0 spiro atoms. The topological polar surface area (TPSA) is 30.9 Å². The van der Waals surface area contributed by atoms with E-state index in [0.717, 1.165) is 0 Å². The maximum absolute atomic E-state index is 12.2. The Morgan fingerprint density at radius 2 is 2.12 bits per heavy atom. The van der Waals surface area contributed by atoms with Crippen LogP contribution in [0.1, 0.15) is 6.42 Å². The fourth-order valence-electron chi connectivity index (χ4n) is 1.92. The lowest BCUT2D eigenvalue weighted by molar-refractivity contribution is -0.143. The Balaban J connectivity index is 2.41. The summed E-state index contributed by atoms with van der Waals surface area (Å²) in [7, 11) is 5.35. The van der Waals surface area contributed by atoms with Crippen molar-refractivity contribution in [3.63, 3.8) is 0 Å². The number of hydrogen-bond acceptors (Lipinski definition) is 2. The summed E-state index contributed by atoms with van der Waals surface area (Å²) in [4.78, 5) is 7.27. The summed E-state index contributed by atoms with van der Waals surface area (Å²) in [6, 6.07) is 0.0402. The first kappa shape index (κ1) is 14.1. The van der Waals surface area contributed by atoms with Crippen molar-refractivity contribution in [2.75, 3.05) is 40.8 Å². The molecule has 17 heavy (non-hydrogen) atoms. The molecule has 0 amide bonds. The van der Waals surface area contributed by atoms with Crippen molar-refractivity contribution in [3.8, 4) is 0 Å². The fraction of sp³-hybridized carbons (Fsp3) is 0.900. The van der Waals surface area contributed by atoms with E-state index in [0.29, 0.717) is 25.5 Å². The van der Waals surface area contributed by atoms with Gasteiger partial charge in [-0.3, -0.25) is 9.89 Å². The van der Waals surface area contributed by atoms with E-state index < -0.39 is 12.7 Å². The number of hydrogen-bond donors (Lipinski definition) is 1. The second-order valence-corrected chi connectivity index (χ2v) is 4.42. The molecule has 0 aromatic rings. The number of aliphatic imine (C=N–C) groups is 1. The third kappa shape index (κ3) is 4.80. The smallest absolute Gasteiger partial charge is 0.352 e. The molecule has 1 N–H and O–H groups in total. The molecule has 0 aliphatic carbocycles. The lowest BCUT2D eigenvalue weighted by atomic mass is 10.3. The summed E-state index contributed by atoms with van der Waals surface area (Å²) in [5.74, 6) is 0.698. The molecule has 4 nitrogen and oxygen atoms in total. The van der Waals surface area contributed by atoms with Gasteiger partial charge in [0.05, 0.1) is 6.54 Å². The molecular weight excluding hydrogens is 233 g/mol. The third-order valence-electron chi connectivity index (χ3n) is 2.64. The van der Waals surface area contributed by atoms with Gasteiger partial charge in [0.25, 0.3) is 0 Å². The SMILES string of the molecule is CN=C(NC1CCN(CC(F)(F)F)C1)N(C)C. The van der Waals surface area contributed by atoms with Crippen molar-refractivity contribution >= 4 is 5.96 Å². The Morgan fingerprint density at radius 1 is 1.47 bits per heavy atom. The monoisotopic (exact) mass is 252 g/mol. The quantitative estimate of drug-likeness (QED) is 0.581. The predicted molar refractivity (Wildman–Crippen MR) is 61.1 cm³/mol. The molecule has 1 saturated heterocycles. The first-order valence-corrected chi connectivity index (χ1v) is 5.51. The van der Waals surface area contributed by atoms with Crippen LogP contribution in [-0.2, 0) is 0 Å². The van der Waals surface area contributed by atoms with E-state index in [1.54, 1.807) is 7.05 Å². The molecule has 0 radical (unpaired) electrons. The lowest BCUT2D eigenvalue weighted by Crippen LogP contribution is -2.44. The molecule has 1 fully saturated rings. The van der Waals surface area contributed by atoms with E-state index in [-0.39, 0.29) is 6.04 Å². The predicted octanol–water partition coefficient (Wildman–Crippen LogP) is 0.760. The van der Waals surface area contributed by atoms with E-state index in [9.17, 15) is 13.2 Å². The van der Waals surface area contributed by atoms with Gasteiger partial charge in [0.15, 0.2) is 5.96 Å². The summed E-state index contributed by atoms with van der Waals surface area (Å²) in [5, 5.41) is 3.15. The van der Waals surface area contributed by atoms with Gasteiger partial charge in [-0.05, 0) is 6.42 Å². The van der Waals surface area contributed by atoms with Crippen LogP contribution in [0.4, 0.5) is 13.2 Å². The molecule has 1 aliphatic rings. The molecule has 0 saturated carbocycles. The average Bonchev–Trinajstić information content (AvgIpc) is 2.58. The summed E-state index contributed by atoms with van der Waals surface area (Å²) in [6.45, 7) is 0.0553. The zero-order chi connectivity index (χ0) is 13.1. The zero-order valence-electron chi connectivity index (χ0n) is 10.4.